The van der Waals surface area contributed by atoms with Crippen LogP contribution in [-0.4, -0.2) is 12.5 Å². The Labute approximate surface area is 87.5 Å². The van der Waals surface area contributed by atoms with Crippen molar-refractivity contribution >= 4 is 16.7 Å². The summed E-state index contributed by atoms with van der Waals surface area (Å²) in [7, 11) is 0. The second-order valence-electron chi connectivity index (χ2n) is 3.26. The predicted molar refractivity (Wildman–Crippen MR) is 58.6 cm³/mol. The lowest BCUT2D eigenvalue weighted by atomic mass is 10.1. The first-order valence-electron chi connectivity index (χ1n) is 4.65. The third-order valence-electron chi connectivity index (χ3n) is 2.10. The molecule has 2 rings (SSSR count). The molecule has 0 bridgehead atoms. The van der Waals surface area contributed by atoms with E-state index in [9.17, 15) is 4.79 Å². The number of carbonyl (C=O) groups is 1. The SMILES string of the molecule is NC(=O)COc1ccc2ccccc2c1. The van der Waals surface area contributed by atoms with E-state index < -0.39 is 5.91 Å². The number of amides is 1. The molecule has 0 heterocycles. The van der Waals surface area contributed by atoms with Crippen LogP contribution in [0.1, 0.15) is 0 Å². The Balaban J connectivity index is 2.26. The van der Waals surface area contributed by atoms with Crippen LogP contribution in [0.5, 0.6) is 5.75 Å². The monoisotopic (exact) mass is 201 g/mol. The summed E-state index contributed by atoms with van der Waals surface area (Å²) in [4.78, 5) is 10.5. The summed E-state index contributed by atoms with van der Waals surface area (Å²) in [6, 6.07) is 13.6. The number of hydrogen-bond donors (Lipinski definition) is 1. The van der Waals surface area contributed by atoms with Crippen LogP contribution in [0, 0.1) is 0 Å². The fourth-order valence-corrected chi connectivity index (χ4v) is 1.41. The van der Waals surface area contributed by atoms with Crippen LogP contribution in [0.25, 0.3) is 10.8 Å². The minimum absolute atomic E-state index is 0.0850. The summed E-state index contributed by atoms with van der Waals surface area (Å²) in [5, 5.41) is 2.23. The number of primary amides is 1. The molecule has 2 aromatic carbocycles. The highest BCUT2D eigenvalue weighted by Gasteiger charge is 1.98. The maximum absolute atomic E-state index is 10.5. The summed E-state index contributed by atoms with van der Waals surface area (Å²) in [5.41, 5.74) is 4.99. The quantitative estimate of drug-likeness (QED) is 0.821. The van der Waals surface area contributed by atoms with Crippen molar-refractivity contribution in [1.82, 2.24) is 0 Å². The van der Waals surface area contributed by atoms with E-state index in [1.165, 1.54) is 0 Å². The normalized spacial score (nSPS) is 10.1. The highest BCUT2D eigenvalue weighted by atomic mass is 16.5. The number of benzene rings is 2. The summed E-state index contributed by atoms with van der Waals surface area (Å²) >= 11 is 0. The zero-order valence-corrected chi connectivity index (χ0v) is 8.14. The molecule has 0 unspecified atom stereocenters. The van der Waals surface area contributed by atoms with Crippen molar-refractivity contribution in [2.75, 3.05) is 6.61 Å². The lowest BCUT2D eigenvalue weighted by Crippen LogP contribution is -2.19. The van der Waals surface area contributed by atoms with Crippen LogP contribution in [0.3, 0.4) is 0 Å². The van der Waals surface area contributed by atoms with Gasteiger partial charge in [0.1, 0.15) is 5.75 Å². The van der Waals surface area contributed by atoms with E-state index in [-0.39, 0.29) is 6.61 Å². The molecule has 2 aromatic rings. The molecule has 0 atom stereocenters. The summed E-state index contributed by atoms with van der Waals surface area (Å²) < 4.78 is 5.20. The maximum atomic E-state index is 10.5. The van der Waals surface area contributed by atoms with Crippen molar-refractivity contribution in [3.63, 3.8) is 0 Å². The average molecular weight is 201 g/mol. The number of hydrogen-bond acceptors (Lipinski definition) is 2. The minimum atomic E-state index is -0.469. The molecule has 0 spiro atoms. The second kappa shape index (κ2) is 4.00. The fraction of sp³-hybridized carbons (Fsp3) is 0.0833. The average Bonchev–Trinajstić information content (AvgIpc) is 2.26. The van der Waals surface area contributed by atoms with Crippen molar-refractivity contribution in [2.45, 2.75) is 0 Å². The lowest BCUT2D eigenvalue weighted by Gasteiger charge is -2.04. The van der Waals surface area contributed by atoms with Crippen LogP contribution in [-0.2, 0) is 4.79 Å². The van der Waals surface area contributed by atoms with Gasteiger partial charge in [0.2, 0.25) is 0 Å². The number of rotatable bonds is 3. The minimum Gasteiger partial charge on any atom is -0.484 e. The Morgan fingerprint density at radius 1 is 1.13 bits per heavy atom. The molecule has 15 heavy (non-hydrogen) atoms. The van der Waals surface area contributed by atoms with Gasteiger partial charge in [-0.2, -0.15) is 0 Å². The second-order valence-corrected chi connectivity index (χ2v) is 3.26. The highest BCUT2D eigenvalue weighted by Crippen LogP contribution is 2.20. The van der Waals surface area contributed by atoms with Gasteiger partial charge >= 0.3 is 0 Å². The first kappa shape index (κ1) is 9.52. The van der Waals surface area contributed by atoms with Crippen molar-refractivity contribution in [2.24, 2.45) is 5.73 Å². The van der Waals surface area contributed by atoms with E-state index >= 15 is 0 Å². The van der Waals surface area contributed by atoms with Gasteiger partial charge in [0.15, 0.2) is 6.61 Å². The van der Waals surface area contributed by atoms with E-state index in [0.29, 0.717) is 5.75 Å². The van der Waals surface area contributed by atoms with Gasteiger partial charge in [-0.1, -0.05) is 30.3 Å². The number of nitrogens with two attached hydrogens (primary N) is 1. The van der Waals surface area contributed by atoms with Crippen molar-refractivity contribution < 1.29 is 9.53 Å². The van der Waals surface area contributed by atoms with Gasteiger partial charge < -0.3 is 10.5 Å². The summed E-state index contributed by atoms with van der Waals surface area (Å²) in [6.07, 6.45) is 0. The van der Waals surface area contributed by atoms with E-state index in [0.717, 1.165) is 10.8 Å². The smallest absolute Gasteiger partial charge is 0.255 e. The van der Waals surface area contributed by atoms with Crippen LogP contribution in [0.15, 0.2) is 42.5 Å². The summed E-state index contributed by atoms with van der Waals surface area (Å²) in [6.45, 7) is -0.0850. The Hall–Kier alpha value is -2.03. The van der Waals surface area contributed by atoms with Gasteiger partial charge in [-0.3, -0.25) is 4.79 Å². The molecule has 0 aliphatic heterocycles. The van der Waals surface area contributed by atoms with Crippen molar-refractivity contribution in [1.29, 1.82) is 0 Å². The first-order chi connectivity index (χ1) is 7.25. The van der Waals surface area contributed by atoms with Gasteiger partial charge in [-0.05, 0) is 22.9 Å². The third kappa shape index (κ3) is 2.26. The lowest BCUT2D eigenvalue weighted by molar-refractivity contribution is -0.119. The van der Waals surface area contributed by atoms with E-state index in [2.05, 4.69) is 0 Å². The molecule has 0 radical (unpaired) electrons. The Morgan fingerprint density at radius 2 is 1.87 bits per heavy atom. The molecule has 0 aliphatic carbocycles. The van der Waals surface area contributed by atoms with Crippen LogP contribution < -0.4 is 10.5 Å². The van der Waals surface area contributed by atoms with E-state index in [1.807, 2.05) is 42.5 Å². The standard InChI is InChI=1S/C12H11NO2/c13-12(14)8-15-11-6-5-9-3-1-2-4-10(9)7-11/h1-7H,8H2,(H2,13,14). The topological polar surface area (TPSA) is 52.3 Å². The first-order valence-corrected chi connectivity index (χ1v) is 4.65. The molecule has 2 N–H and O–H groups in total. The van der Waals surface area contributed by atoms with Crippen LogP contribution in [0.2, 0.25) is 0 Å². The molecule has 0 aliphatic rings. The molecule has 0 aromatic heterocycles. The number of ether oxygens (including phenoxy) is 1. The number of fused-ring (bicyclic) bond motifs is 1. The van der Waals surface area contributed by atoms with Crippen LogP contribution >= 0.6 is 0 Å². The molecule has 0 saturated carbocycles. The van der Waals surface area contributed by atoms with Gasteiger partial charge in [-0.15, -0.1) is 0 Å². The van der Waals surface area contributed by atoms with Gasteiger partial charge in [0, 0.05) is 0 Å². The zero-order valence-electron chi connectivity index (χ0n) is 8.14. The molecule has 3 nitrogen and oxygen atoms in total. The van der Waals surface area contributed by atoms with Crippen molar-refractivity contribution in [3.8, 4) is 5.75 Å². The Morgan fingerprint density at radius 3 is 2.60 bits per heavy atom. The molecule has 0 saturated heterocycles. The predicted octanol–water partition coefficient (Wildman–Crippen LogP) is 1.70. The van der Waals surface area contributed by atoms with E-state index in [4.69, 9.17) is 10.5 Å². The molecule has 1 amide bonds. The van der Waals surface area contributed by atoms with Crippen LogP contribution in [0.4, 0.5) is 0 Å². The summed E-state index contributed by atoms with van der Waals surface area (Å²) in [5.74, 6) is 0.190. The molecular formula is C12H11NO2. The van der Waals surface area contributed by atoms with Crippen molar-refractivity contribution in [3.05, 3.63) is 42.5 Å². The molecule has 0 fully saturated rings. The third-order valence-corrected chi connectivity index (χ3v) is 2.10. The zero-order chi connectivity index (χ0) is 10.7. The molecule has 3 heteroatoms. The van der Waals surface area contributed by atoms with Gasteiger partial charge in [-0.25, -0.2) is 0 Å². The maximum Gasteiger partial charge on any atom is 0.255 e. The molecular weight excluding hydrogens is 190 g/mol. The Kier molecular flexibility index (Phi) is 2.54. The number of carbonyl (C=O) groups excluding carboxylic acids is 1. The highest BCUT2D eigenvalue weighted by molar-refractivity contribution is 5.83. The fourth-order valence-electron chi connectivity index (χ4n) is 1.41. The largest absolute Gasteiger partial charge is 0.484 e. The molecule has 76 valence electrons. The van der Waals surface area contributed by atoms with Gasteiger partial charge in [0.05, 0.1) is 0 Å². The van der Waals surface area contributed by atoms with Gasteiger partial charge in [0.25, 0.3) is 5.91 Å². The van der Waals surface area contributed by atoms with E-state index in [1.54, 1.807) is 0 Å². The Bertz CT molecular complexity index is 494.